The van der Waals surface area contributed by atoms with E-state index in [0.717, 1.165) is 0 Å². The van der Waals surface area contributed by atoms with Gasteiger partial charge in [-0.2, -0.15) is 4.31 Å². The van der Waals surface area contributed by atoms with Crippen molar-refractivity contribution in [3.63, 3.8) is 0 Å². The number of anilines is 1. The smallest absolute Gasteiger partial charge is 0.243 e. The minimum absolute atomic E-state index is 0.178. The molecule has 0 amide bonds. The molecular weight excluding hydrogens is 350 g/mol. The second kappa shape index (κ2) is 8.43. The van der Waals surface area contributed by atoms with Crippen LogP contribution >= 0.6 is 12.2 Å². The number of methoxy groups -OCH3 is 1. The maximum atomic E-state index is 12.7. The van der Waals surface area contributed by atoms with Crippen molar-refractivity contribution in [2.75, 3.05) is 45.3 Å². The molecule has 0 bridgehead atoms. The van der Waals surface area contributed by atoms with E-state index in [1.54, 1.807) is 12.1 Å². The zero-order valence-corrected chi connectivity index (χ0v) is 15.1. The minimum atomic E-state index is -3.57. The lowest BCUT2D eigenvalue weighted by Gasteiger charge is -2.26. The molecule has 0 unspecified atom stereocenters. The highest BCUT2D eigenvalue weighted by molar-refractivity contribution is 7.89. The van der Waals surface area contributed by atoms with Gasteiger partial charge in [0, 0.05) is 25.7 Å². The van der Waals surface area contributed by atoms with E-state index in [9.17, 15) is 8.42 Å². The van der Waals surface area contributed by atoms with Crippen molar-refractivity contribution in [1.29, 1.82) is 0 Å². The van der Waals surface area contributed by atoms with Gasteiger partial charge in [-0.1, -0.05) is 6.08 Å². The molecule has 0 aromatic heterocycles. The van der Waals surface area contributed by atoms with Crippen molar-refractivity contribution in [3.8, 4) is 5.75 Å². The number of sulfonamides is 1. The summed E-state index contributed by atoms with van der Waals surface area (Å²) >= 11 is 5.15. The van der Waals surface area contributed by atoms with Crippen LogP contribution in [-0.4, -0.2) is 57.8 Å². The number of thiocarbonyl (C=S) groups is 1. The van der Waals surface area contributed by atoms with E-state index in [1.807, 2.05) is 0 Å². The Hall–Kier alpha value is -1.68. The van der Waals surface area contributed by atoms with Gasteiger partial charge in [0.1, 0.15) is 5.75 Å². The zero-order chi connectivity index (χ0) is 17.6. The van der Waals surface area contributed by atoms with E-state index in [4.69, 9.17) is 21.7 Å². The lowest BCUT2D eigenvalue weighted by atomic mass is 10.3. The first-order valence-corrected chi connectivity index (χ1v) is 9.25. The highest BCUT2D eigenvalue weighted by atomic mass is 32.2. The van der Waals surface area contributed by atoms with Gasteiger partial charge in [0.2, 0.25) is 10.0 Å². The topological polar surface area (TPSA) is 79.9 Å². The molecule has 1 aliphatic rings. The summed E-state index contributed by atoms with van der Waals surface area (Å²) in [7, 11) is -2.09. The second-order valence-corrected chi connectivity index (χ2v) is 7.35. The minimum Gasteiger partial charge on any atom is -0.495 e. The molecule has 1 aromatic carbocycles. The second-order valence-electron chi connectivity index (χ2n) is 5.00. The molecule has 1 heterocycles. The summed E-state index contributed by atoms with van der Waals surface area (Å²) < 4.78 is 37.3. The molecule has 0 aliphatic carbocycles. The molecular formula is C15H21N3O4S2. The van der Waals surface area contributed by atoms with Crippen LogP contribution in [0.25, 0.3) is 0 Å². The van der Waals surface area contributed by atoms with Crippen molar-refractivity contribution < 1.29 is 17.9 Å². The number of nitrogens with one attached hydrogen (secondary N) is 2. The average Bonchev–Trinajstić information content (AvgIpc) is 2.60. The van der Waals surface area contributed by atoms with Gasteiger partial charge < -0.3 is 20.1 Å². The number of hydrogen-bond acceptors (Lipinski definition) is 5. The number of rotatable bonds is 6. The summed E-state index contributed by atoms with van der Waals surface area (Å²) in [5.74, 6) is 0.395. The highest BCUT2D eigenvalue weighted by Crippen LogP contribution is 2.29. The molecule has 0 radical (unpaired) electrons. The molecule has 0 saturated carbocycles. The Morgan fingerprint density at radius 1 is 1.46 bits per heavy atom. The van der Waals surface area contributed by atoms with Gasteiger partial charge in [-0.3, -0.25) is 0 Å². The van der Waals surface area contributed by atoms with Gasteiger partial charge in [-0.15, -0.1) is 6.58 Å². The molecule has 132 valence electrons. The Balaban J connectivity index is 2.21. The Morgan fingerprint density at radius 3 is 2.79 bits per heavy atom. The van der Waals surface area contributed by atoms with Crippen molar-refractivity contribution in [2.45, 2.75) is 4.90 Å². The maximum Gasteiger partial charge on any atom is 0.243 e. The Bertz CT molecular complexity index is 701. The molecule has 1 fully saturated rings. The highest BCUT2D eigenvalue weighted by Gasteiger charge is 2.27. The predicted octanol–water partition coefficient (Wildman–Crippen LogP) is 1.19. The summed E-state index contributed by atoms with van der Waals surface area (Å²) in [6.07, 6.45) is 1.68. The molecule has 1 saturated heterocycles. The van der Waals surface area contributed by atoms with Gasteiger partial charge in [0.25, 0.3) is 0 Å². The zero-order valence-electron chi connectivity index (χ0n) is 13.4. The summed E-state index contributed by atoms with van der Waals surface area (Å²) in [6, 6.07) is 4.66. The molecule has 1 aromatic rings. The predicted molar refractivity (Wildman–Crippen MR) is 97.0 cm³/mol. The monoisotopic (exact) mass is 371 g/mol. The van der Waals surface area contributed by atoms with E-state index in [2.05, 4.69) is 17.2 Å². The standard InChI is InChI=1S/C15H21N3O4S2/c1-3-6-16-15(23)17-13-5-4-12(11-14(13)21-2)24(19,20)18-7-9-22-10-8-18/h3-5,11H,1,6-10H2,2H3,(H2,16,17,23). The fourth-order valence-corrected chi connectivity index (χ4v) is 3.82. The number of hydrogen-bond donors (Lipinski definition) is 2. The van der Waals surface area contributed by atoms with Gasteiger partial charge >= 0.3 is 0 Å². The molecule has 9 heteroatoms. The Labute approximate surface area is 147 Å². The fourth-order valence-electron chi connectivity index (χ4n) is 2.20. The molecule has 1 aliphatic heterocycles. The van der Waals surface area contributed by atoms with E-state index < -0.39 is 10.0 Å². The van der Waals surface area contributed by atoms with Gasteiger partial charge in [0.15, 0.2) is 5.11 Å². The van der Waals surface area contributed by atoms with Gasteiger partial charge in [0.05, 0.1) is 30.9 Å². The summed E-state index contributed by atoms with van der Waals surface area (Å²) in [6.45, 7) is 5.63. The quantitative estimate of drug-likeness (QED) is 0.574. The first kappa shape index (κ1) is 18.7. The van der Waals surface area contributed by atoms with Crippen molar-refractivity contribution in [2.24, 2.45) is 0 Å². The summed E-state index contributed by atoms with van der Waals surface area (Å²) in [5.41, 5.74) is 0.583. The van der Waals surface area contributed by atoms with Crippen LogP contribution in [0.3, 0.4) is 0 Å². The van der Waals surface area contributed by atoms with Crippen LogP contribution in [0.5, 0.6) is 5.75 Å². The fraction of sp³-hybridized carbons (Fsp3) is 0.400. The molecule has 24 heavy (non-hydrogen) atoms. The van der Waals surface area contributed by atoms with E-state index in [-0.39, 0.29) is 4.90 Å². The lowest BCUT2D eigenvalue weighted by Crippen LogP contribution is -2.40. The van der Waals surface area contributed by atoms with Gasteiger partial charge in [-0.25, -0.2) is 8.42 Å². The van der Waals surface area contributed by atoms with Crippen LogP contribution in [-0.2, 0) is 14.8 Å². The summed E-state index contributed by atoms with van der Waals surface area (Å²) in [4.78, 5) is 0.178. The molecule has 2 rings (SSSR count). The van der Waals surface area contributed by atoms with Crippen molar-refractivity contribution in [1.82, 2.24) is 9.62 Å². The van der Waals surface area contributed by atoms with Crippen LogP contribution in [0.1, 0.15) is 0 Å². The van der Waals surface area contributed by atoms with Crippen LogP contribution < -0.4 is 15.4 Å². The molecule has 0 atom stereocenters. The van der Waals surface area contributed by atoms with Crippen LogP contribution in [0, 0.1) is 0 Å². The van der Waals surface area contributed by atoms with E-state index >= 15 is 0 Å². The lowest BCUT2D eigenvalue weighted by molar-refractivity contribution is 0.0730. The van der Waals surface area contributed by atoms with Crippen LogP contribution in [0.2, 0.25) is 0 Å². The Kier molecular flexibility index (Phi) is 6.55. The third kappa shape index (κ3) is 4.44. The average molecular weight is 371 g/mol. The third-order valence-electron chi connectivity index (χ3n) is 3.44. The van der Waals surface area contributed by atoms with Crippen molar-refractivity contribution >= 4 is 33.0 Å². The van der Waals surface area contributed by atoms with Crippen LogP contribution in [0.15, 0.2) is 35.7 Å². The Morgan fingerprint density at radius 2 is 2.17 bits per heavy atom. The first-order valence-electron chi connectivity index (χ1n) is 7.40. The normalized spacial score (nSPS) is 15.5. The third-order valence-corrected chi connectivity index (χ3v) is 5.58. The molecule has 0 spiro atoms. The van der Waals surface area contributed by atoms with Crippen molar-refractivity contribution in [3.05, 3.63) is 30.9 Å². The summed E-state index contributed by atoms with van der Waals surface area (Å²) in [5, 5.41) is 6.31. The number of benzene rings is 1. The van der Waals surface area contributed by atoms with Crippen LogP contribution in [0.4, 0.5) is 5.69 Å². The number of ether oxygens (including phenoxy) is 2. The largest absolute Gasteiger partial charge is 0.495 e. The van der Waals surface area contributed by atoms with E-state index in [1.165, 1.54) is 23.5 Å². The van der Waals surface area contributed by atoms with E-state index in [0.29, 0.717) is 49.4 Å². The first-order chi connectivity index (χ1) is 11.5. The van der Waals surface area contributed by atoms with Gasteiger partial charge in [-0.05, 0) is 24.4 Å². The molecule has 2 N–H and O–H groups in total. The SMILES string of the molecule is C=CCNC(=S)Nc1ccc(S(=O)(=O)N2CCOCC2)cc1OC. The maximum absolute atomic E-state index is 12.7. The number of nitrogens with zero attached hydrogens (tertiary/aromatic N) is 1. The number of morpholine rings is 1. The molecule has 7 nitrogen and oxygen atoms in total.